The van der Waals surface area contributed by atoms with Crippen molar-refractivity contribution in [1.29, 1.82) is 0 Å². The lowest BCUT2D eigenvalue weighted by atomic mass is 10.1. The molecule has 4 heteroatoms. The molecule has 0 aliphatic rings. The van der Waals surface area contributed by atoms with E-state index in [1.165, 1.54) is 0 Å². The van der Waals surface area contributed by atoms with Gasteiger partial charge in [0.05, 0.1) is 11.7 Å². The van der Waals surface area contributed by atoms with E-state index >= 15 is 0 Å². The lowest BCUT2D eigenvalue weighted by Crippen LogP contribution is -2.30. The van der Waals surface area contributed by atoms with Crippen LogP contribution in [0.3, 0.4) is 0 Å². The van der Waals surface area contributed by atoms with E-state index in [0.717, 1.165) is 5.56 Å². The summed E-state index contributed by atoms with van der Waals surface area (Å²) >= 11 is 0. The summed E-state index contributed by atoms with van der Waals surface area (Å²) in [5.41, 5.74) is 2.16. The molecule has 3 aromatic rings. The molecular weight excluding hydrogens is 312 g/mol. The van der Waals surface area contributed by atoms with Gasteiger partial charge in [0.25, 0.3) is 0 Å². The number of carbonyl (C=O) groups is 2. The van der Waals surface area contributed by atoms with Crippen molar-refractivity contribution in [2.45, 2.75) is 19.5 Å². The van der Waals surface area contributed by atoms with Crippen LogP contribution in [-0.4, -0.2) is 16.3 Å². The molecule has 1 amide bonds. The van der Waals surface area contributed by atoms with Crippen molar-refractivity contribution in [3.63, 3.8) is 0 Å². The monoisotopic (exact) mass is 332 g/mol. The Labute approximate surface area is 147 Å². The summed E-state index contributed by atoms with van der Waals surface area (Å²) in [5.74, 6) is -0.218. The van der Waals surface area contributed by atoms with Crippen LogP contribution in [0.5, 0.6) is 0 Å². The molecule has 1 unspecified atom stereocenters. The molecule has 0 aliphatic heterocycles. The van der Waals surface area contributed by atoms with Crippen LogP contribution >= 0.6 is 0 Å². The van der Waals surface area contributed by atoms with E-state index in [0.29, 0.717) is 11.3 Å². The molecular formula is C21H20N2O2. The fourth-order valence-corrected chi connectivity index (χ4v) is 2.76. The second-order valence-electron chi connectivity index (χ2n) is 5.92. The second-order valence-corrected chi connectivity index (χ2v) is 5.92. The Morgan fingerprint density at radius 2 is 1.56 bits per heavy atom. The van der Waals surface area contributed by atoms with Crippen LogP contribution in [-0.2, 0) is 11.3 Å². The maximum Gasteiger partial charge on any atom is 0.240 e. The molecule has 4 nitrogen and oxygen atoms in total. The van der Waals surface area contributed by atoms with E-state index in [1.807, 2.05) is 55.5 Å². The van der Waals surface area contributed by atoms with Crippen LogP contribution in [0, 0.1) is 0 Å². The lowest BCUT2D eigenvalue weighted by Gasteiger charge is -2.15. The Morgan fingerprint density at radius 3 is 2.24 bits per heavy atom. The van der Waals surface area contributed by atoms with Gasteiger partial charge in [-0.3, -0.25) is 9.59 Å². The van der Waals surface area contributed by atoms with Crippen LogP contribution in [0.25, 0.3) is 0 Å². The molecule has 0 fully saturated rings. The number of nitrogens with one attached hydrogen (secondary N) is 1. The summed E-state index contributed by atoms with van der Waals surface area (Å²) in [7, 11) is 0. The number of hydrogen-bond donors (Lipinski definition) is 1. The third-order valence-corrected chi connectivity index (χ3v) is 4.09. The minimum absolute atomic E-state index is 0.0856. The number of aromatic nitrogens is 1. The Morgan fingerprint density at radius 1 is 0.920 bits per heavy atom. The van der Waals surface area contributed by atoms with Gasteiger partial charge in [-0.05, 0) is 24.6 Å². The molecule has 2 aromatic carbocycles. The molecule has 1 heterocycles. The van der Waals surface area contributed by atoms with Gasteiger partial charge in [-0.2, -0.15) is 0 Å². The van der Waals surface area contributed by atoms with Gasteiger partial charge in [0.15, 0.2) is 0 Å². The quantitative estimate of drug-likeness (QED) is 0.701. The van der Waals surface area contributed by atoms with E-state index in [4.69, 9.17) is 0 Å². The number of hydrogen-bond acceptors (Lipinski definition) is 2. The van der Waals surface area contributed by atoms with E-state index in [2.05, 4.69) is 5.32 Å². The third kappa shape index (κ3) is 4.04. The number of carbonyl (C=O) groups excluding carboxylic acids is 2. The maximum absolute atomic E-state index is 12.6. The van der Waals surface area contributed by atoms with Crippen molar-refractivity contribution in [2.24, 2.45) is 0 Å². The van der Waals surface area contributed by atoms with Gasteiger partial charge in [0.1, 0.15) is 6.54 Å². The highest BCUT2D eigenvalue weighted by Crippen LogP contribution is 2.13. The van der Waals surface area contributed by atoms with Gasteiger partial charge in [-0.1, -0.05) is 60.7 Å². The average molecular weight is 332 g/mol. The molecule has 3 rings (SSSR count). The molecule has 0 radical (unpaired) electrons. The number of nitrogens with zero attached hydrogens (tertiary/aromatic N) is 1. The second kappa shape index (κ2) is 7.62. The summed E-state index contributed by atoms with van der Waals surface area (Å²) in [6.45, 7) is 2.05. The molecule has 25 heavy (non-hydrogen) atoms. The van der Waals surface area contributed by atoms with Crippen molar-refractivity contribution in [3.05, 3.63) is 95.8 Å². The van der Waals surface area contributed by atoms with Gasteiger partial charge in [-0.25, -0.2) is 0 Å². The molecule has 1 N–H and O–H groups in total. The minimum Gasteiger partial charge on any atom is -0.348 e. The smallest absolute Gasteiger partial charge is 0.240 e. The predicted octanol–water partition coefficient (Wildman–Crippen LogP) is 3.60. The summed E-state index contributed by atoms with van der Waals surface area (Å²) in [6.07, 6.45) is 1.75. The summed E-state index contributed by atoms with van der Waals surface area (Å²) in [5, 5.41) is 2.97. The van der Waals surface area contributed by atoms with Crippen molar-refractivity contribution < 1.29 is 9.59 Å². The van der Waals surface area contributed by atoms with E-state index < -0.39 is 0 Å². The number of ketones is 1. The van der Waals surface area contributed by atoms with Crippen molar-refractivity contribution in [2.75, 3.05) is 0 Å². The Hall–Kier alpha value is -3.14. The zero-order chi connectivity index (χ0) is 17.6. The highest BCUT2D eigenvalue weighted by molar-refractivity contribution is 6.08. The number of rotatable bonds is 6. The largest absolute Gasteiger partial charge is 0.348 e. The molecule has 0 aliphatic carbocycles. The average Bonchev–Trinajstić information content (AvgIpc) is 3.10. The first-order valence-electron chi connectivity index (χ1n) is 8.24. The fourth-order valence-electron chi connectivity index (χ4n) is 2.76. The third-order valence-electron chi connectivity index (χ3n) is 4.09. The standard InChI is InChI=1S/C21H20N2O2/c1-16(17-9-4-2-5-10-17)22-20(24)15-23-14-8-13-19(23)21(25)18-11-6-3-7-12-18/h2-14,16H,15H2,1H3,(H,22,24). The van der Waals surface area contributed by atoms with Crippen LogP contribution in [0.4, 0.5) is 0 Å². The van der Waals surface area contributed by atoms with E-state index in [1.54, 1.807) is 35.0 Å². The maximum atomic E-state index is 12.6. The Bertz CT molecular complexity index is 854. The minimum atomic E-state index is -0.130. The molecule has 1 aromatic heterocycles. The summed E-state index contributed by atoms with van der Waals surface area (Å²) in [4.78, 5) is 25.0. The Kier molecular flexibility index (Phi) is 5.09. The lowest BCUT2D eigenvalue weighted by molar-refractivity contribution is -0.122. The molecule has 1 atom stereocenters. The first kappa shape index (κ1) is 16.7. The number of amides is 1. The zero-order valence-electron chi connectivity index (χ0n) is 14.1. The molecule has 0 spiro atoms. The molecule has 0 saturated carbocycles. The van der Waals surface area contributed by atoms with Gasteiger partial charge in [0, 0.05) is 11.8 Å². The van der Waals surface area contributed by atoms with Crippen LogP contribution in [0.1, 0.15) is 34.6 Å². The summed E-state index contributed by atoms with van der Waals surface area (Å²) in [6, 6.07) is 22.3. The zero-order valence-corrected chi connectivity index (χ0v) is 14.1. The molecule has 0 bridgehead atoms. The van der Waals surface area contributed by atoms with Gasteiger partial charge < -0.3 is 9.88 Å². The predicted molar refractivity (Wildman–Crippen MR) is 97.3 cm³/mol. The van der Waals surface area contributed by atoms with Crippen molar-refractivity contribution in [3.8, 4) is 0 Å². The highest BCUT2D eigenvalue weighted by Gasteiger charge is 2.16. The fraction of sp³-hybridized carbons (Fsp3) is 0.143. The van der Waals surface area contributed by atoms with Crippen molar-refractivity contribution in [1.82, 2.24) is 9.88 Å². The van der Waals surface area contributed by atoms with Crippen molar-refractivity contribution >= 4 is 11.7 Å². The van der Waals surface area contributed by atoms with Gasteiger partial charge in [-0.15, -0.1) is 0 Å². The Balaban J connectivity index is 1.69. The SMILES string of the molecule is CC(NC(=O)Cn1cccc1C(=O)c1ccccc1)c1ccccc1. The highest BCUT2D eigenvalue weighted by atomic mass is 16.2. The van der Waals surface area contributed by atoms with Crippen LogP contribution < -0.4 is 5.32 Å². The molecule has 0 saturated heterocycles. The normalized spacial score (nSPS) is 11.7. The molecule has 126 valence electrons. The van der Waals surface area contributed by atoms with Crippen LogP contribution in [0.15, 0.2) is 79.0 Å². The first-order chi connectivity index (χ1) is 12.1. The van der Waals surface area contributed by atoms with E-state index in [9.17, 15) is 9.59 Å². The topological polar surface area (TPSA) is 51.1 Å². The van der Waals surface area contributed by atoms with E-state index in [-0.39, 0.29) is 24.3 Å². The van der Waals surface area contributed by atoms with Gasteiger partial charge in [0.2, 0.25) is 11.7 Å². The summed E-state index contributed by atoms with van der Waals surface area (Å²) < 4.78 is 1.68. The number of benzene rings is 2. The van der Waals surface area contributed by atoms with Gasteiger partial charge >= 0.3 is 0 Å². The first-order valence-corrected chi connectivity index (χ1v) is 8.24. The van der Waals surface area contributed by atoms with Crippen LogP contribution in [0.2, 0.25) is 0 Å².